The topological polar surface area (TPSA) is 57.6 Å². The molecule has 0 fully saturated rings. The van der Waals surface area contributed by atoms with Crippen LogP contribution in [0.3, 0.4) is 0 Å². The van der Waals surface area contributed by atoms with Crippen molar-refractivity contribution in [3.63, 3.8) is 0 Å². The zero-order valence-electron chi connectivity index (χ0n) is 14.6. The minimum atomic E-state index is -3.80. The molecule has 27 heavy (non-hydrogen) atoms. The van der Waals surface area contributed by atoms with E-state index in [-0.39, 0.29) is 16.7 Å². The average Bonchev–Trinajstić information content (AvgIpc) is 2.67. The van der Waals surface area contributed by atoms with Gasteiger partial charge < -0.3 is 5.11 Å². The molecule has 4 rings (SSSR count). The van der Waals surface area contributed by atoms with E-state index >= 15 is 0 Å². The second-order valence-electron chi connectivity index (χ2n) is 6.47. The van der Waals surface area contributed by atoms with E-state index in [9.17, 15) is 13.5 Å². The Labute approximate surface area is 167 Å². The van der Waals surface area contributed by atoms with Crippen molar-refractivity contribution in [2.24, 2.45) is 0 Å². The summed E-state index contributed by atoms with van der Waals surface area (Å²) in [6.45, 7) is 1.99. The molecule has 0 aromatic heterocycles. The predicted molar refractivity (Wildman–Crippen MR) is 110 cm³/mol. The van der Waals surface area contributed by atoms with Gasteiger partial charge in [0.25, 0.3) is 10.0 Å². The molecule has 1 unspecified atom stereocenters. The summed E-state index contributed by atoms with van der Waals surface area (Å²) in [5, 5.41) is 9.54. The van der Waals surface area contributed by atoms with Crippen molar-refractivity contribution in [2.75, 3.05) is 4.31 Å². The van der Waals surface area contributed by atoms with Crippen LogP contribution < -0.4 is 4.31 Å². The van der Waals surface area contributed by atoms with Gasteiger partial charge in [-0.3, -0.25) is 4.31 Å². The highest BCUT2D eigenvalue weighted by Crippen LogP contribution is 2.48. The van der Waals surface area contributed by atoms with Crippen LogP contribution in [0.25, 0.3) is 11.1 Å². The first-order valence-corrected chi connectivity index (χ1v) is 10.9. The number of sulfonamides is 1. The van der Waals surface area contributed by atoms with E-state index < -0.39 is 10.0 Å². The Kier molecular flexibility index (Phi) is 4.48. The highest BCUT2D eigenvalue weighted by atomic mass is 79.9. The number of phenolic OH excluding ortho intramolecular Hbond substituents is 1. The van der Waals surface area contributed by atoms with Gasteiger partial charge in [0, 0.05) is 10.0 Å². The molecule has 1 aliphatic rings. The van der Waals surface area contributed by atoms with Crippen molar-refractivity contribution in [3.8, 4) is 16.9 Å². The van der Waals surface area contributed by atoms with Gasteiger partial charge in [0.1, 0.15) is 5.75 Å². The van der Waals surface area contributed by atoms with Crippen molar-refractivity contribution in [2.45, 2.75) is 24.3 Å². The lowest BCUT2D eigenvalue weighted by Gasteiger charge is -2.39. The Morgan fingerprint density at radius 3 is 2.41 bits per heavy atom. The van der Waals surface area contributed by atoms with Crippen LogP contribution in [0, 0.1) is 0 Å². The molecule has 6 heteroatoms. The van der Waals surface area contributed by atoms with Gasteiger partial charge in [0.05, 0.1) is 16.6 Å². The Bertz CT molecular complexity index is 1110. The lowest BCUT2D eigenvalue weighted by Crippen LogP contribution is -2.37. The molecule has 0 radical (unpaired) electrons. The van der Waals surface area contributed by atoms with Gasteiger partial charge in [-0.1, -0.05) is 47.1 Å². The first kappa shape index (κ1) is 18.1. The van der Waals surface area contributed by atoms with Gasteiger partial charge in [-0.25, -0.2) is 8.42 Å². The van der Waals surface area contributed by atoms with Crippen molar-refractivity contribution >= 4 is 31.6 Å². The molecule has 138 valence electrons. The van der Waals surface area contributed by atoms with Gasteiger partial charge in [0.2, 0.25) is 0 Å². The van der Waals surface area contributed by atoms with Crippen LogP contribution in [0.1, 0.15) is 24.9 Å². The molecule has 0 bridgehead atoms. The number of aromatic hydroxyl groups is 1. The summed E-state index contributed by atoms with van der Waals surface area (Å²) in [7, 11) is -3.80. The quantitative estimate of drug-likeness (QED) is 0.582. The van der Waals surface area contributed by atoms with Gasteiger partial charge in [-0.05, 0) is 60.0 Å². The summed E-state index contributed by atoms with van der Waals surface area (Å²) in [5.41, 5.74) is 3.59. The second kappa shape index (κ2) is 6.69. The van der Waals surface area contributed by atoms with Crippen molar-refractivity contribution < 1.29 is 13.5 Å². The Hall–Kier alpha value is -2.31. The van der Waals surface area contributed by atoms with Crippen LogP contribution in [0.2, 0.25) is 0 Å². The Morgan fingerprint density at radius 2 is 1.70 bits per heavy atom. The lowest BCUT2D eigenvalue weighted by molar-refractivity contribution is 0.474. The Balaban J connectivity index is 1.99. The van der Waals surface area contributed by atoms with Gasteiger partial charge in [0.15, 0.2) is 0 Å². The third-order valence-corrected chi connectivity index (χ3v) is 7.20. The van der Waals surface area contributed by atoms with Crippen molar-refractivity contribution in [3.05, 3.63) is 76.8 Å². The minimum Gasteiger partial charge on any atom is -0.508 e. The SMILES string of the molecule is CCC1c2ccccc2-c2cc(Br)ccc2N1S(=O)(=O)c1ccc(O)cc1. The molecule has 0 aliphatic carbocycles. The lowest BCUT2D eigenvalue weighted by atomic mass is 9.89. The first-order chi connectivity index (χ1) is 12.9. The van der Waals surface area contributed by atoms with Crippen molar-refractivity contribution in [1.29, 1.82) is 0 Å². The van der Waals surface area contributed by atoms with Gasteiger partial charge >= 0.3 is 0 Å². The fourth-order valence-corrected chi connectivity index (χ4v) is 5.74. The zero-order chi connectivity index (χ0) is 19.2. The first-order valence-electron chi connectivity index (χ1n) is 8.66. The molecule has 3 aromatic carbocycles. The molecule has 1 heterocycles. The van der Waals surface area contributed by atoms with E-state index in [1.165, 1.54) is 28.6 Å². The largest absolute Gasteiger partial charge is 0.508 e. The zero-order valence-corrected chi connectivity index (χ0v) is 17.0. The molecule has 3 aromatic rings. The number of phenols is 1. The van der Waals surface area contributed by atoms with Gasteiger partial charge in [-0.15, -0.1) is 0 Å². The number of rotatable bonds is 3. The number of hydrogen-bond acceptors (Lipinski definition) is 3. The predicted octanol–water partition coefficient (Wildman–Crippen LogP) is 5.48. The Morgan fingerprint density at radius 1 is 1.00 bits per heavy atom. The fourth-order valence-electron chi connectivity index (χ4n) is 3.66. The highest BCUT2D eigenvalue weighted by Gasteiger charge is 2.38. The molecule has 0 spiro atoms. The van der Waals surface area contributed by atoms with Crippen LogP contribution in [-0.4, -0.2) is 13.5 Å². The fraction of sp³-hybridized carbons (Fsp3) is 0.143. The summed E-state index contributed by atoms with van der Waals surface area (Å²) < 4.78 is 29.5. The van der Waals surface area contributed by atoms with E-state index in [0.29, 0.717) is 12.1 Å². The monoisotopic (exact) mass is 443 g/mol. The minimum absolute atomic E-state index is 0.0364. The van der Waals surface area contributed by atoms with E-state index in [2.05, 4.69) is 15.9 Å². The molecule has 1 aliphatic heterocycles. The summed E-state index contributed by atoms with van der Waals surface area (Å²) in [6, 6.07) is 19.0. The maximum Gasteiger partial charge on any atom is 0.264 e. The maximum atomic E-state index is 13.6. The van der Waals surface area contributed by atoms with Crippen LogP contribution in [0.5, 0.6) is 5.75 Å². The summed E-state index contributed by atoms with van der Waals surface area (Å²) in [4.78, 5) is 0.159. The number of halogens is 1. The molecule has 0 saturated carbocycles. The van der Waals surface area contributed by atoms with Crippen LogP contribution in [0.4, 0.5) is 5.69 Å². The molecule has 1 atom stereocenters. The molecule has 4 nitrogen and oxygen atoms in total. The van der Waals surface area contributed by atoms with Crippen molar-refractivity contribution in [1.82, 2.24) is 0 Å². The molecule has 0 amide bonds. The van der Waals surface area contributed by atoms with E-state index in [1.807, 2.05) is 49.4 Å². The third kappa shape index (κ3) is 2.93. The standard InChI is InChI=1S/C21H18BrNO3S/c1-2-20-18-6-4-3-5-17(18)19-13-14(22)7-12-21(19)23(20)27(25,26)16-10-8-15(24)9-11-16/h3-13,20,24H,2H2,1H3. The molecular weight excluding hydrogens is 426 g/mol. The summed E-state index contributed by atoms with van der Waals surface area (Å²) in [6.07, 6.45) is 0.643. The summed E-state index contributed by atoms with van der Waals surface area (Å²) in [5.74, 6) is 0.0364. The van der Waals surface area contributed by atoms with Crippen LogP contribution in [0.15, 0.2) is 76.1 Å². The van der Waals surface area contributed by atoms with E-state index in [1.54, 1.807) is 0 Å². The average molecular weight is 444 g/mol. The molecule has 1 N–H and O–H groups in total. The maximum absolute atomic E-state index is 13.6. The van der Waals surface area contributed by atoms with E-state index in [0.717, 1.165) is 21.2 Å². The number of nitrogens with zero attached hydrogens (tertiary/aromatic N) is 1. The van der Waals surface area contributed by atoms with Crippen LogP contribution >= 0.6 is 15.9 Å². The number of hydrogen-bond donors (Lipinski definition) is 1. The van der Waals surface area contributed by atoms with E-state index in [4.69, 9.17) is 0 Å². The van der Waals surface area contributed by atoms with Crippen LogP contribution in [-0.2, 0) is 10.0 Å². The molecular formula is C21H18BrNO3S. The van der Waals surface area contributed by atoms with Gasteiger partial charge in [-0.2, -0.15) is 0 Å². The third-order valence-electron chi connectivity index (χ3n) is 4.87. The normalized spacial score (nSPS) is 15.9. The number of benzene rings is 3. The second-order valence-corrected chi connectivity index (χ2v) is 9.20. The smallest absolute Gasteiger partial charge is 0.264 e. The summed E-state index contributed by atoms with van der Waals surface area (Å²) >= 11 is 3.50. The number of anilines is 1. The molecule has 0 saturated heterocycles. The number of fused-ring (bicyclic) bond motifs is 3. The highest BCUT2D eigenvalue weighted by molar-refractivity contribution is 9.10.